The fraction of sp³-hybridized carbons (Fsp3) is 0.500. The summed E-state index contributed by atoms with van der Waals surface area (Å²) in [6, 6.07) is 1.47. The van der Waals surface area contributed by atoms with Crippen molar-refractivity contribution in [2.45, 2.75) is 19.3 Å². The van der Waals surface area contributed by atoms with Crippen LogP contribution in [0.15, 0.2) is 17.2 Å². The molecule has 5 heteroatoms. The van der Waals surface area contributed by atoms with Crippen molar-refractivity contribution in [3.63, 3.8) is 0 Å². The first-order valence-corrected chi connectivity index (χ1v) is 5.03. The Morgan fingerprint density at radius 3 is 3.00 bits per heavy atom. The number of aromatic amines is 1. The molecule has 1 fully saturated rings. The van der Waals surface area contributed by atoms with Gasteiger partial charge in [0.15, 0.2) is 0 Å². The summed E-state index contributed by atoms with van der Waals surface area (Å²) in [4.78, 5) is 30.9. The summed E-state index contributed by atoms with van der Waals surface area (Å²) in [5.41, 5.74) is 0.547. The molecule has 1 atom stereocenters. The van der Waals surface area contributed by atoms with Crippen LogP contribution in [0.3, 0.4) is 0 Å². The van der Waals surface area contributed by atoms with Crippen LogP contribution in [0.25, 0.3) is 0 Å². The number of hydrogen-bond donors (Lipinski definition) is 1. The lowest BCUT2D eigenvalue weighted by Gasteiger charge is -2.12. The lowest BCUT2D eigenvalue weighted by Crippen LogP contribution is -2.24. The Morgan fingerprint density at radius 1 is 1.60 bits per heavy atom. The molecule has 80 valence electrons. The molecule has 1 N–H and O–H groups in total. The molecule has 0 unspecified atom stereocenters. The first-order chi connectivity index (χ1) is 7.20. The lowest BCUT2D eigenvalue weighted by molar-refractivity contribution is -0.127. The van der Waals surface area contributed by atoms with E-state index in [2.05, 4.69) is 9.97 Å². The van der Waals surface area contributed by atoms with E-state index in [0.29, 0.717) is 18.7 Å². The Hall–Kier alpha value is -1.65. The van der Waals surface area contributed by atoms with Gasteiger partial charge in [0.25, 0.3) is 5.56 Å². The standard InChI is InChI=1S/C10H13N3O2/c1-2-13-5-7(3-10(13)15)8-4-9(14)12-6-11-8/h4,6-7H,2-3,5H2,1H3,(H,11,12,14)/t7-/m1/s1. The van der Waals surface area contributed by atoms with E-state index in [-0.39, 0.29) is 17.4 Å². The fourth-order valence-electron chi connectivity index (χ4n) is 1.88. The van der Waals surface area contributed by atoms with Crippen LogP contribution in [-0.4, -0.2) is 33.9 Å². The number of carbonyl (C=O) groups is 1. The van der Waals surface area contributed by atoms with Crippen molar-refractivity contribution in [2.75, 3.05) is 13.1 Å². The first-order valence-electron chi connectivity index (χ1n) is 5.03. The minimum absolute atomic E-state index is 0.0692. The van der Waals surface area contributed by atoms with Crippen molar-refractivity contribution in [1.82, 2.24) is 14.9 Å². The van der Waals surface area contributed by atoms with Gasteiger partial charge in [-0.15, -0.1) is 0 Å². The second-order valence-corrected chi connectivity index (χ2v) is 3.67. The van der Waals surface area contributed by atoms with Crippen molar-refractivity contribution < 1.29 is 4.79 Å². The minimum Gasteiger partial charge on any atom is -0.342 e. The van der Waals surface area contributed by atoms with Crippen molar-refractivity contribution >= 4 is 5.91 Å². The Kier molecular flexibility index (Phi) is 2.53. The van der Waals surface area contributed by atoms with E-state index in [0.717, 1.165) is 6.54 Å². The highest BCUT2D eigenvalue weighted by molar-refractivity contribution is 5.79. The molecular weight excluding hydrogens is 194 g/mol. The van der Waals surface area contributed by atoms with Crippen LogP contribution < -0.4 is 5.56 Å². The summed E-state index contributed by atoms with van der Waals surface area (Å²) in [6.45, 7) is 3.34. The van der Waals surface area contributed by atoms with Gasteiger partial charge in [0.05, 0.1) is 12.0 Å². The van der Waals surface area contributed by atoms with E-state index < -0.39 is 0 Å². The third-order valence-electron chi connectivity index (χ3n) is 2.71. The average Bonchev–Trinajstić information content (AvgIpc) is 2.60. The molecule has 0 saturated carbocycles. The van der Waals surface area contributed by atoms with Crippen LogP contribution in [0.1, 0.15) is 25.0 Å². The predicted molar refractivity (Wildman–Crippen MR) is 54.5 cm³/mol. The maximum atomic E-state index is 11.5. The number of amides is 1. The first kappa shape index (κ1) is 9.89. The molecule has 15 heavy (non-hydrogen) atoms. The summed E-state index contributed by atoms with van der Waals surface area (Å²) in [7, 11) is 0. The summed E-state index contributed by atoms with van der Waals surface area (Å²) in [5, 5.41) is 0. The topological polar surface area (TPSA) is 66.1 Å². The SMILES string of the molecule is CCN1C[C@H](c2cc(=O)[nH]cn2)CC1=O. The maximum Gasteiger partial charge on any atom is 0.250 e. The smallest absolute Gasteiger partial charge is 0.250 e. The van der Waals surface area contributed by atoms with E-state index >= 15 is 0 Å². The van der Waals surface area contributed by atoms with Crippen LogP contribution in [0.5, 0.6) is 0 Å². The third kappa shape index (κ3) is 1.91. The van der Waals surface area contributed by atoms with E-state index in [9.17, 15) is 9.59 Å². The van der Waals surface area contributed by atoms with Gasteiger partial charge in [-0.05, 0) is 6.92 Å². The number of likely N-dealkylation sites (tertiary alicyclic amines) is 1. The molecule has 5 nitrogen and oxygen atoms in total. The number of H-pyrrole nitrogens is 1. The molecule has 2 heterocycles. The summed E-state index contributed by atoms with van der Waals surface area (Å²) in [5.74, 6) is 0.212. The molecule has 0 aromatic carbocycles. The molecule has 1 amide bonds. The number of aromatic nitrogens is 2. The van der Waals surface area contributed by atoms with Gasteiger partial charge in [-0.25, -0.2) is 4.98 Å². The number of nitrogens with one attached hydrogen (secondary N) is 1. The molecule has 0 spiro atoms. The Morgan fingerprint density at radius 2 is 2.40 bits per heavy atom. The largest absolute Gasteiger partial charge is 0.342 e. The van der Waals surface area contributed by atoms with Crippen molar-refractivity contribution in [1.29, 1.82) is 0 Å². The van der Waals surface area contributed by atoms with Gasteiger partial charge >= 0.3 is 0 Å². The highest BCUT2D eigenvalue weighted by Gasteiger charge is 2.30. The zero-order valence-electron chi connectivity index (χ0n) is 8.56. The van der Waals surface area contributed by atoms with Crippen molar-refractivity contribution in [3.8, 4) is 0 Å². The van der Waals surface area contributed by atoms with Crippen molar-refractivity contribution in [3.05, 3.63) is 28.4 Å². The van der Waals surface area contributed by atoms with Gasteiger partial charge in [-0.2, -0.15) is 0 Å². The zero-order chi connectivity index (χ0) is 10.8. The Bertz CT molecular complexity index is 427. The quantitative estimate of drug-likeness (QED) is 0.748. The molecule has 0 radical (unpaired) electrons. The molecule has 1 aliphatic rings. The number of nitrogens with zero attached hydrogens (tertiary/aromatic N) is 2. The average molecular weight is 207 g/mol. The molecule has 2 rings (SSSR count). The van der Waals surface area contributed by atoms with E-state index in [1.807, 2.05) is 6.92 Å². The van der Waals surface area contributed by atoms with Gasteiger partial charge < -0.3 is 9.88 Å². The fourth-order valence-corrected chi connectivity index (χ4v) is 1.88. The molecule has 1 aliphatic heterocycles. The molecule has 0 bridgehead atoms. The summed E-state index contributed by atoms with van der Waals surface area (Å²) in [6.07, 6.45) is 1.85. The van der Waals surface area contributed by atoms with E-state index in [1.54, 1.807) is 4.90 Å². The summed E-state index contributed by atoms with van der Waals surface area (Å²) >= 11 is 0. The normalized spacial score (nSPS) is 21.0. The van der Waals surface area contributed by atoms with E-state index in [4.69, 9.17) is 0 Å². The van der Waals surface area contributed by atoms with Gasteiger partial charge in [-0.3, -0.25) is 9.59 Å². The van der Waals surface area contributed by atoms with Crippen LogP contribution in [0.4, 0.5) is 0 Å². The second-order valence-electron chi connectivity index (χ2n) is 3.67. The highest BCUT2D eigenvalue weighted by Crippen LogP contribution is 2.25. The predicted octanol–water partition coefficient (Wildman–Crippen LogP) is 0.106. The van der Waals surface area contributed by atoms with Crippen molar-refractivity contribution in [2.24, 2.45) is 0 Å². The van der Waals surface area contributed by atoms with Gasteiger partial charge in [-0.1, -0.05) is 0 Å². The van der Waals surface area contributed by atoms with Crippen LogP contribution in [0, 0.1) is 0 Å². The van der Waals surface area contributed by atoms with Crippen LogP contribution in [0.2, 0.25) is 0 Å². The minimum atomic E-state index is -0.164. The van der Waals surface area contributed by atoms with Crippen LogP contribution in [-0.2, 0) is 4.79 Å². The number of likely N-dealkylation sites (N-methyl/N-ethyl adjacent to an activating group) is 1. The molecule has 1 aromatic heterocycles. The molecule has 0 aliphatic carbocycles. The zero-order valence-corrected chi connectivity index (χ0v) is 8.56. The van der Waals surface area contributed by atoms with Gasteiger partial charge in [0, 0.05) is 31.5 Å². The van der Waals surface area contributed by atoms with E-state index in [1.165, 1.54) is 12.4 Å². The third-order valence-corrected chi connectivity index (χ3v) is 2.71. The maximum absolute atomic E-state index is 11.5. The lowest BCUT2D eigenvalue weighted by atomic mass is 10.0. The highest BCUT2D eigenvalue weighted by atomic mass is 16.2. The van der Waals surface area contributed by atoms with Crippen LogP contribution >= 0.6 is 0 Å². The number of rotatable bonds is 2. The molecule has 1 saturated heterocycles. The monoisotopic (exact) mass is 207 g/mol. The number of hydrogen-bond acceptors (Lipinski definition) is 3. The number of carbonyl (C=O) groups excluding carboxylic acids is 1. The Labute approximate surface area is 87.1 Å². The van der Waals surface area contributed by atoms with Gasteiger partial charge in [0.2, 0.25) is 5.91 Å². The summed E-state index contributed by atoms with van der Waals surface area (Å²) < 4.78 is 0. The Balaban J connectivity index is 2.20. The second kappa shape index (κ2) is 3.84. The molecular formula is C10H13N3O2. The molecule has 1 aromatic rings. The van der Waals surface area contributed by atoms with Gasteiger partial charge in [0.1, 0.15) is 0 Å².